The van der Waals surface area contributed by atoms with E-state index in [1.165, 1.54) is 0 Å². The first kappa shape index (κ1) is 15.5. The van der Waals surface area contributed by atoms with E-state index >= 15 is 0 Å². The number of amides is 1. The van der Waals surface area contributed by atoms with Crippen molar-refractivity contribution in [2.45, 2.75) is 32.7 Å². The summed E-state index contributed by atoms with van der Waals surface area (Å²) in [5.74, 6) is 1.16. The van der Waals surface area contributed by atoms with Crippen molar-refractivity contribution in [3.63, 3.8) is 0 Å². The maximum atomic E-state index is 11.6. The highest BCUT2D eigenvalue weighted by atomic mass is 16.1. The van der Waals surface area contributed by atoms with Crippen molar-refractivity contribution >= 4 is 16.9 Å². The summed E-state index contributed by atoms with van der Waals surface area (Å²) in [7, 11) is 1.90. The SMILES string of the molecule is CNCCCC(=O)NCCCn1c(C)nc2ccccc21. The Labute approximate surface area is 125 Å². The van der Waals surface area contributed by atoms with Crippen molar-refractivity contribution in [2.24, 2.45) is 0 Å². The predicted octanol–water partition coefficient (Wildman–Crippen LogP) is 1.85. The number of imidazole rings is 1. The van der Waals surface area contributed by atoms with Gasteiger partial charge in [0.15, 0.2) is 0 Å². The Balaban J connectivity index is 1.78. The lowest BCUT2D eigenvalue weighted by Crippen LogP contribution is -2.26. The van der Waals surface area contributed by atoms with Crippen LogP contribution in [0.15, 0.2) is 24.3 Å². The number of benzene rings is 1. The molecule has 2 N–H and O–H groups in total. The topological polar surface area (TPSA) is 59.0 Å². The number of aromatic nitrogens is 2. The van der Waals surface area contributed by atoms with Crippen LogP contribution in [0.2, 0.25) is 0 Å². The van der Waals surface area contributed by atoms with Crippen LogP contribution in [0.25, 0.3) is 11.0 Å². The van der Waals surface area contributed by atoms with Gasteiger partial charge < -0.3 is 15.2 Å². The maximum Gasteiger partial charge on any atom is 0.220 e. The number of hydrogen-bond acceptors (Lipinski definition) is 3. The van der Waals surface area contributed by atoms with Gasteiger partial charge in [0.2, 0.25) is 5.91 Å². The van der Waals surface area contributed by atoms with Crippen molar-refractivity contribution < 1.29 is 4.79 Å². The zero-order valence-corrected chi connectivity index (χ0v) is 12.9. The van der Waals surface area contributed by atoms with Gasteiger partial charge >= 0.3 is 0 Å². The number of aryl methyl sites for hydroxylation is 2. The zero-order chi connectivity index (χ0) is 15.1. The summed E-state index contributed by atoms with van der Waals surface area (Å²) in [6.45, 7) is 4.50. The molecule has 1 aromatic heterocycles. The minimum absolute atomic E-state index is 0.137. The highest BCUT2D eigenvalue weighted by molar-refractivity contribution is 5.76. The molecule has 0 aliphatic rings. The molecule has 1 aromatic carbocycles. The quantitative estimate of drug-likeness (QED) is 0.729. The van der Waals surface area contributed by atoms with Crippen LogP contribution in [-0.4, -0.2) is 35.6 Å². The van der Waals surface area contributed by atoms with E-state index in [1.807, 2.05) is 32.2 Å². The van der Waals surface area contributed by atoms with Gasteiger partial charge in [-0.3, -0.25) is 4.79 Å². The lowest BCUT2D eigenvalue weighted by atomic mass is 10.3. The van der Waals surface area contributed by atoms with Gasteiger partial charge in [0.25, 0.3) is 0 Å². The molecule has 0 unspecified atom stereocenters. The van der Waals surface area contributed by atoms with Crippen molar-refractivity contribution in [1.82, 2.24) is 20.2 Å². The van der Waals surface area contributed by atoms with E-state index in [-0.39, 0.29) is 5.91 Å². The number of rotatable bonds is 8. The zero-order valence-electron chi connectivity index (χ0n) is 12.9. The first-order valence-electron chi connectivity index (χ1n) is 7.55. The molecule has 0 aliphatic heterocycles. The van der Waals surface area contributed by atoms with Crippen LogP contribution in [0.3, 0.4) is 0 Å². The number of carbonyl (C=O) groups is 1. The van der Waals surface area contributed by atoms with Crippen LogP contribution >= 0.6 is 0 Å². The number of hydrogen-bond donors (Lipinski definition) is 2. The fraction of sp³-hybridized carbons (Fsp3) is 0.500. The lowest BCUT2D eigenvalue weighted by Gasteiger charge is -2.08. The van der Waals surface area contributed by atoms with Crippen molar-refractivity contribution in [3.05, 3.63) is 30.1 Å². The van der Waals surface area contributed by atoms with Crippen LogP contribution in [-0.2, 0) is 11.3 Å². The summed E-state index contributed by atoms with van der Waals surface area (Å²) < 4.78 is 2.21. The standard InChI is InChI=1S/C16H24N4O/c1-13-19-14-7-3-4-8-15(14)20(13)12-6-11-18-16(21)9-5-10-17-2/h3-4,7-8,17H,5-6,9-12H2,1-2H3,(H,18,21). The summed E-state index contributed by atoms with van der Waals surface area (Å²) >= 11 is 0. The number of carbonyl (C=O) groups excluding carboxylic acids is 1. The minimum Gasteiger partial charge on any atom is -0.356 e. The molecule has 1 heterocycles. The molecular weight excluding hydrogens is 264 g/mol. The van der Waals surface area contributed by atoms with Gasteiger partial charge in [0, 0.05) is 19.5 Å². The van der Waals surface area contributed by atoms with Crippen LogP contribution in [0.1, 0.15) is 25.1 Å². The fourth-order valence-electron chi connectivity index (χ4n) is 2.46. The monoisotopic (exact) mass is 288 g/mol. The van der Waals surface area contributed by atoms with E-state index in [0.29, 0.717) is 13.0 Å². The Morgan fingerprint density at radius 1 is 1.24 bits per heavy atom. The molecule has 0 bridgehead atoms. The highest BCUT2D eigenvalue weighted by Gasteiger charge is 2.06. The van der Waals surface area contributed by atoms with Crippen molar-refractivity contribution in [1.29, 1.82) is 0 Å². The Hall–Kier alpha value is -1.88. The van der Waals surface area contributed by atoms with Gasteiger partial charge in [-0.05, 0) is 45.5 Å². The molecule has 0 fully saturated rings. The third kappa shape index (κ3) is 4.29. The van der Waals surface area contributed by atoms with E-state index in [9.17, 15) is 4.79 Å². The number of fused-ring (bicyclic) bond motifs is 1. The molecule has 0 spiro atoms. The third-order valence-corrected chi connectivity index (χ3v) is 3.56. The Kier molecular flexibility index (Phi) is 5.75. The summed E-state index contributed by atoms with van der Waals surface area (Å²) in [5, 5.41) is 6.01. The van der Waals surface area contributed by atoms with Crippen molar-refractivity contribution in [2.75, 3.05) is 20.1 Å². The molecule has 0 aliphatic carbocycles. The molecule has 5 heteroatoms. The largest absolute Gasteiger partial charge is 0.356 e. The molecule has 2 aromatic rings. The first-order valence-corrected chi connectivity index (χ1v) is 7.55. The Morgan fingerprint density at radius 2 is 2.05 bits per heavy atom. The third-order valence-electron chi connectivity index (χ3n) is 3.56. The summed E-state index contributed by atoms with van der Waals surface area (Å²) in [4.78, 5) is 16.1. The molecule has 0 atom stereocenters. The normalized spacial score (nSPS) is 11.0. The number of para-hydroxylation sites is 2. The molecular formula is C16H24N4O. The minimum atomic E-state index is 0.137. The fourth-order valence-corrected chi connectivity index (χ4v) is 2.46. The van der Waals surface area contributed by atoms with E-state index in [2.05, 4.69) is 26.3 Å². The predicted molar refractivity (Wildman–Crippen MR) is 85.3 cm³/mol. The second-order valence-corrected chi connectivity index (χ2v) is 5.21. The second kappa shape index (κ2) is 7.78. The van der Waals surface area contributed by atoms with E-state index in [1.54, 1.807) is 0 Å². The average molecular weight is 288 g/mol. The number of nitrogens with one attached hydrogen (secondary N) is 2. The molecule has 0 saturated carbocycles. The lowest BCUT2D eigenvalue weighted by molar-refractivity contribution is -0.121. The molecule has 5 nitrogen and oxygen atoms in total. The van der Waals surface area contributed by atoms with Gasteiger partial charge in [0.1, 0.15) is 5.82 Å². The van der Waals surface area contributed by atoms with Gasteiger partial charge in [-0.15, -0.1) is 0 Å². The van der Waals surface area contributed by atoms with Gasteiger partial charge in [0.05, 0.1) is 11.0 Å². The van der Waals surface area contributed by atoms with E-state index < -0.39 is 0 Å². The van der Waals surface area contributed by atoms with Crippen LogP contribution in [0.4, 0.5) is 0 Å². The Morgan fingerprint density at radius 3 is 2.86 bits per heavy atom. The highest BCUT2D eigenvalue weighted by Crippen LogP contribution is 2.15. The smallest absolute Gasteiger partial charge is 0.220 e. The van der Waals surface area contributed by atoms with E-state index in [0.717, 1.165) is 42.8 Å². The number of nitrogens with zero attached hydrogens (tertiary/aromatic N) is 2. The van der Waals surface area contributed by atoms with E-state index in [4.69, 9.17) is 0 Å². The summed E-state index contributed by atoms with van der Waals surface area (Å²) in [5.41, 5.74) is 2.20. The molecule has 0 saturated heterocycles. The van der Waals surface area contributed by atoms with Crippen LogP contribution in [0.5, 0.6) is 0 Å². The molecule has 2 rings (SSSR count). The summed E-state index contributed by atoms with van der Waals surface area (Å²) in [6, 6.07) is 8.15. The van der Waals surface area contributed by atoms with Crippen molar-refractivity contribution in [3.8, 4) is 0 Å². The Bertz CT molecular complexity index is 591. The summed E-state index contributed by atoms with van der Waals surface area (Å²) in [6.07, 6.45) is 2.39. The van der Waals surface area contributed by atoms with Gasteiger partial charge in [-0.1, -0.05) is 12.1 Å². The van der Waals surface area contributed by atoms with Crippen LogP contribution < -0.4 is 10.6 Å². The first-order chi connectivity index (χ1) is 10.2. The molecule has 21 heavy (non-hydrogen) atoms. The maximum absolute atomic E-state index is 11.6. The average Bonchev–Trinajstić information content (AvgIpc) is 2.80. The van der Waals surface area contributed by atoms with Crippen LogP contribution in [0, 0.1) is 6.92 Å². The van der Waals surface area contributed by atoms with Gasteiger partial charge in [-0.2, -0.15) is 0 Å². The molecule has 0 radical (unpaired) electrons. The molecule has 114 valence electrons. The second-order valence-electron chi connectivity index (χ2n) is 5.21. The van der Waals surface area contributed by atoms with Gasteiger partial charge in [-0.25, -0.2) is 4.98 Å². The molecule has 1 amide bonds.